The minimum Gasteiger partial charge on any atom is -0.316 e. The lowest BCUT2D eigenvalue weighted by Gasteiger charge is -2.24. The standard InChI is InChI=1S/C9H15NO/c1-3-7(2)8-6-10-5-4-9(8)11/h3,7-8,10H,1,4-6H2,2H3. The molecular weight excluding hydrogens is 138 g/mol. The lowest BCUT2D eigenvalue weighted by molar-refractivity contribution is -0.124. The van der Waals surface area contributed by atoms with Crippen LogP contribution in [-0.2, 0) is 4.79 Å². The first-order chi connectivity index (χ1) is 5.25. The molecule has 0 aromatic rings. The van der Waals surface area contributed by atoms with Crippen LogP contribution < -0.4 is 5.32 Å². The van der Waals surface area contributed by atoms with E-state index >= 15 is 0 Å². The second-order valence-corrected chi connectivity index (χ2v) is 3.12. The summed E-state index contributed by atoms with van der Waals surface area (Å²) in [5.74, 6) is 0.868. The van der Waals surface area contributed by atoms with Crippen LogP contribution in [0.25, 0.3) is 0 Å². The van der Waals surface area contributed by atoms with E-state index in [2.05, 4.69) is 11.9 Å². The number of piperidine rings is 1. The summed E-state index contributed by atoms with van der Waals surface area (Å²) >= 11 is 0. The lowest BCUT2D eigenvalue weighted by atomic mass is 9.86. The second kappa shape index (κ2) is 3.67. The Labute approximate surface area is 67.7 Å². The summed E-state index contributed by atoms with van der Waals surface area (Å²) in [4.78, 5) is 11.3. The van der Waals surface area contributed by atoms with Crippen molar-refractivity contribution in [1.29, 1.82) is 0 Å². The molecule has 2 nitrogen and oxygen atoms in total. The zero-order valence-electron chi connectivity index (χ0n) is 6.97. The molecule has 0 saturated carbocycles. The molecule has 2 atom stereocenters. The number of Topliss-reactive ketones (excluding diaryl/α,β-unsaturated/α-hetero) is 1. The van der Waals surface area contributed by atoms with E-state index < -0.39 is 0 Å². The van der Waals surface area contributed by atoms with E-state index in [0.29, 0.717) is 18.1 Å². The minimum absolute atomic E-state index is 0.168. The minimum atomic E-state index is 0.168. The normalized spacial score (nSPS) is 28.1. The first-order valence-electron chi connectivity index (χ1n) is 4.11. The molecule has 0 bridgehead atoms. The van der Waals surface area contributed by atoms with Gasteiger partial charge in [-0.1, -0.05) is 13.0 Å². The number of rotatable bonds is 2. The Morgan fingerprint density at radius 2 is 2.55 bits per heavy atom. The number of hydrogen-bond donors (Lipinski definition) is 1. The summed E-state index contributed by atoms with van der Waals surface area (Å²) < 4.78 is 0. The van der Waals surface area contributed by atoms with Crippen LogP contribution >= 0.6 is 0 Å². The smallest absolute Gasteiger partial charge is 0.139 e. The Morgan fingerprint density at radius 1 is 1.82 bits per heavy atom. The van der Waals surface area contributed by atoms with E-state index in [9.17, 15) is 4.79 Å². The van der Waals surface area contributed by atoms with Crippen molar-refractivity contribution in [2.24, 2.45) is 11.8 Å². The van der Waals surface area contributed by atoms with Gasteiger partial charge in [-0.3, -0.25) is 4.79 Å². The van der Waals surface area contributed by atoms with Gasteiger partial charge in [-0.15, -0.1) is 6.58 Å². The Hall–Kier alpha value is -0.630. The molecule has 11 heavy (non-hydrogen) atoms. The lowest BCUT2D eigenvalue weighted by Crippen LogP contribution is -2.39. The van der Waals surface area contributed by atoms with Gasteiger partial charge in [0.15, 0.2) is 0 Å². The van der Waals surface area contributed by atoms with Gasteiger partial charge >= 0.3 is 0 Å². The van der Waals surface area contributed by atoms with Crippen LogP contribution in [0.1, 0.15) is 13.3 Å². The van der Waals surface area contributed by atoms with Crippen LogP contribution in [0.3, 0.4) is 0 Å². The SMILES string of the molecule is C=CC(C)C1CNCCC1=O. The van der Waals surface area contributed by atoms with Crippen LogP contribution in [0.4, 0.5) is 0 Å². The van der Waals surface area contributed by atoms with Gasteiger partial charge in [0.05, 0.1) is 0 Å². The van der Waals surface area contributed by atoms with Gasteiger partial charge in [0.1, 0.15) is 5.78 Å². The number of ketones is 1. The molecule has 1 N–H and O–H groups in total. The molecule has 2 unspecified atom stereocenters. The highest BCUT2D eigenvalue weighted by Gasteiger charge is 2.25. The van der Waals surface area contributed by atoms with Gasteiger partial charge in [-0.25, -0.2) is 0 Å². The van der Waals surface area contributed by atoms with Crippen LogP contribution in [0.5, 0.6) is 0 Å². The average Bonchev–Trinajstić information content (AvgIpc) is 2.04. The fourth-order valence-corrected chi connectivity index (χ4v) is 1.41. The molecule has 2 heteroatoms. The fraction of sp³-hybridized carbons (Fsp3) is 0.667. The molecule has 1 fully saturated rings. The van der Waals surface area contributed by atoms with Crippen molar-refractivity contribution >= 4 is 5.78 Å². The molecule has 0 amide bonds. The maximum Gasteiger partial charge on any atom is 0.139 e. The number of carbonyl (C=O) groups is 1. The molecule has 1 aliphatic heterocycles. The predicted octanol–water partition coefficient (Wildman–Crippen LogP) is 0.987. The third-order valence-corrected chi connectivity index (χ3v) is 2.33. The van der Waals surface area contributed by atoms with Crippen molar-refractivity contribution in [2.45, 2.75) is 13.3 Å². The molecule has 0 aliphatic carbocycles. The van der Waals surface area contributed by atoms with E-state index in [0.717, 1.165) is 13.1 Å². The van der Waals surface area contributed by atoms with Gasteiger partial charge in [0.25, 0.3) is 0 Å². The van der Waals surface area contributed by atoms with Crippen molar-refractivity contribution < 1.29 is 4.79 Å². The molecule has 1 saturated heterocycles. The maximum atomic E-state index is 11.3. The van der Waals surface area contributed by atoms with E-state index in [1.807, 2.05) is 13.0 Å². The molecule has 0 radical (unpaired) electrons. The summed E-state index contributed by atoms with van der Waals surface area (Å²) in [6.07, 6.45) is 2.54. The van der Waals surface area contributed by atoms with Gasteiger partial charge in [0.2, 0.25) is 0 Å². The van der Waals surface area contributed by atoms with Gasteiger partial charge in [-0.2, -0.15) is 0 Å². The molecule has 0 aromatic carbocycles. The highest BCUT2D eigenvalue weighted by molar-refractivity contribution is 5.82. The largest absolute Gasteiger partial charge is 0.316 e. The predicted molar refractivity (Wildman–Crippen MR) is 45.3 cm³/mol. The van der Waals surface area contributed by atoms with Crippen molar-refractivity contribution in [3.05, 3.63) is 12.7 Å². The van der Waals surface area contributed by atoms with Crippen LogP contribution in [0.2, 0.25) is 0 Å². The third-order valence-electron chi connectivity index (χ3n) is 2.33. The Balaban J connectivity index is 2.53. The average molecular weight is 153 g/mol. The summed E-state index contributed by atoms with van der Waals surface area (Å²) in [5, 5.41) is 3.21. The first-order valence-corrected chi connectivity index (χ1v) is 4.11. The fourth-order valence-electron chi connectivity index (χ4n) is 1.41. The number of carbonyl (C=O) groups excluding carboxylic acids is 1. The molecular formula is C9H15NO. The van der Waals surface area contributed by atoms with Gasteiger partial charge in [0, 0.05) is 25.4 Å². The monoisotopic (exact) mass is 153 g/mol. The quantitative estimate of drug-likeness (QED) is 0.599. The zero-order chi connectivity index (χ0) is 8.27. The van der Waals surface area contributed by atoms with Crippen molar-refractivity contribution in [1.82, 2.24) is 5.32 Å². The second-order valence-electron chi connectivity index (χ2n) is 3.12. The topological polar surface area (TPSA) is 29.1 Å². The summed E-state index contributed by atoms with van der Waals surface area (Å²) in [7, 11) is 0. The van der Waals surface area contributed by atoms with Crippen LogP contribution in [0, 0.1) is 11.8 Å². The number of nitrogens with one attached hydrogen (secondary N) is 1. The molecule has 1 aliphatic rings. The highest BCUT2D eigenvalue weighted by atomic mass is 16.1. The van der Waals surface area contributed by atoms with E-state index in [4.69, 9.17) is 0 Å². The number of hydrogen-bond acceptors (Lipinski definition) is 2. The van der Waals surface area contributed by atoms with Crippen LogP contribution in [-0.4, -0.2) is 18.9 Å². The molecule has 1 rings (SSSR count). The van der Waals surface area contributed by atoms with E-state index in [1.165, 1.54) is 0 Å². The zero-order valence-corrected chi connectivity index (χ0v) is 6.97. The van der Waals surface area contributed by atoms with Crippen LogP contribution in [0.15, 0.2) is 12.7 Å². The molecule has 0 aromatic heterocycles. The van der Waals surface area contributed by atoms with Crippen molar-refractivity contribution in [3.8, 4) is 0 Å². The van der Waals surface area contributed by atoms with E-state index in [-0.39, 0.29) is 5.92 Å². The van der Waals surface area contributed by atoms with Gasteiger partial charge in [-0.05, 0) is 5.92 Å². The molecule has 0 spiro atoms. The van der Waals surface area contributed by atoms with E-state index in [1.54, 1.807) is 0 Å². The van der Waals surface area contributed by atoms with Gasteiger partial charge < -0.3 is 5.32 Å². The molecule has 62 valence electrons. The maximum absolute atomic E-state index is 11.3. The Bertz CT molecular complexity index is 165. The summed E-state index contributed by atoms with van der Waals surface area (Å²) in [6, 6.07) is 0. The highest BCUT2D eigenvalue weighted by Crippen LogP contribution is 2.16. The number of allylic oxidation sites excluding steroid dienone is 1. The third kappa shape index (κ3) is 1.90. The summed E-state index contributed by atoms with van der Waals surface area (Å²) in [6.45, 7) is 7.41. The first kappa shape index (κ1) is 8.47. The van der Waals surface area contributed by atoms with Crippen molar-refractivity contribution in [2.75, 3.05) is 13.1 Å². The Kier molecular flexibility index (Phi) is 2.83. The van der Waals surface area contributed by atoms with Crippen molar-refractivity contribution in [3.63, 3.8) is 0 Å². The Morgan fingerprint density at radius 3 is 3.09 bits per heavy atom. The molecule has 1 heterocycles. The summed E-state index contributed by atoms with van der Waals surface area (Å²) in [5.41, 5.74) is 0.